The van der Waals surface area contributed by atoms with E-state index >= 15 is 0 Å². The summed E-state index contributed by atoms with van der Waals surface area (Å²) in [4.78, 5) is 0. The molecule has 0 aliphatic heterocycles. The van der Waals surface area contributed by atoms with Crippen LogP contribution in [0.1, 0.15) is 11.1 Å². The SMILES string of the molecule is CNc1cccc(CNc2ccccc2C#N)c1. The van der Waals surface area contributed by atoms with Crippen LogP contribution in [0.15, 0.2) is 48.5 Å². The van der Waals surface area contributed by atoms with Gasteiger partial charge in [0.15, 0.2) is 0 Å². The van der Waals surface area contributed by atoms with E-state index in [1.807, 2.05) is 43.4 Å². The molecule has 0 atom stereocenters. The van der Waals surface area contributed by atoms with Crippen LogP contribution in [-0.4, -0.2) is 7.05 Å². The molecule has 0 aliphatic carbocycles. The number of hydrogen-bond donors (Lipinski definition) is 2. The quantitative estimate of drug-likeness (QED) is 0.858. The highest BCUT2D eigenvalue weighted by Crippen LogP contribution is 2.16. The minimum atomic E-state index is 0.669. The number of para-hydroxylation sites is 1. The standard InChI is InChI=1S/C15H15N3/c1-17-14-7-4-5-12(9-14)11-18-15-8-3-2-6-13(15)10-16/h2-9,17-18H,11H2,1H3. The lowest BCUT2D eigenvalue weighted by molar-refractivity contribution is 1.15. The second-order valence-electron chi connectivity index (χ2n) is 3.96. The minimum absolute atomic E-state index is 0.669. The number of nitrogens with zero attached hydrogens (tertiary/aromatic N) is 1. The topological polar surface area (TPSA) is 47.8 Å². The third-order valence-corrected chi connectivity index (χ3v) is 2.75. The summed E-state index contributed by atoms with van der Waals surface area (Å²) in [5.74, 6) is 0. The van der Waals surface area contributed by atoms with Crippen LogP contribution in [0.3, 0.4) is 0 Å². The van der Waals surface area contributed by atoms with Gasteiger partial charge in [-0.1, -0.05) is 24.3 Å². The molecule has 0 saturated heterocycles. The normalized spacial score (nSPS) is 9.56. The summed E-state index contributed by atoms with van der Waals surface area (Å²) < 4.78 is 0. The molecule has 0 amide bonds. The van der Waals surface area contributed by atoms with E-state index in [1.54, 1.807) is 0 Å². The number of rotatable bonds is 4. The van der Waals surface area contributed by atoms with E-state index < -0.39 is 0 Å². The maximum Gasteiger partial charge on any atom is 0.101 e. The molecule has 3 nitrogen and oxygen atoms in total. The molecule has 2 rings (SSSR count). The number of nitrogens with one attached hydrogen (secondary N) is 2. The monoisotopic (exact) mass is 237 g/mol. The lowest BCUT2D eigenvalue weighted by Gasteiger charge is -2.09. The smallest absolute Gasteiger partial charge is 0.101 e. The molecule has 0 radical (unpaired) electrons. The minimum Gasteiger partial charge on any atom is -0.388 e. The van der Waals surface area contributed by atoms with Crippen molar-refractivity contribution in [2.75, 3.05) is 17.7 Å². The fourth-order valence-electron chi connectivity index (χ4n) is 1.77. The lowest BCUT2D eigenvalue weighted by Crippen LogP contribution is -2.01. The van der Waals surface area contributed by atoms with Crippen molar-refractivity contribution in [3.63, 3.8) is 0 Å². The van der Waals surface area contributed by atoms with E-state index in [1.165, 1.54) is 5.56 Å². The second kappa shape index (κ2) is 5.74. The molecule has 0 aliphatic rings. The lowest BCUT2D eigenvalue weighted by atomic mass is 10.1. The zero-order valence-electron chi connectivity index (χ0n) is 10.3. The van der Waals surface area contributed by atoms with Gasteiger partial charge in [0, 0.05) is 19.3 Å². The van der Waals surface area contributed by atoms with Gasteiger partial charge in [0.25, 0.3) is 0 Å². The van der Waals surface area contributed by atoms with Crippen molar-refractivity contribution >= 4 is 11.4 Å². The predicted octanol–water partition coefficient (Wildman–Crippen LogP) is 3.21. The second-order valence-corrected chi connectivity index (χ2v) is 3.96. The first-order chi connectivity index (χ1) is 8.83. The van der Waals surface area contributed by atoms with Crippen LogP contribution in [0, 0.1) is 11.3 Å². The molecule has 0 saturated carbocycles. The van der Waals surface area contributed by atoms with E-state index in [4.69, 9.17) is 5.26 Å². The highest BCUT2D eigenvalue weighted by Gasteiger charge is 2.00. The van der Waals surface area contributed by atoms with Crippen molar-refractivity contribution in [3.8, 4) is 6.07 Å². The Bertz CT molecular complexity index is 570. The highest BCUT2D eigenvalue weighted by molar-refractivity contribution is 5.57. The van der Waals surface area contributed by atoms with E-state index in [-0.39, 0.29) is 0 Å². The molecule has 3 heteroatoms. The van der Waals surface area contributed by atoms with Crippen LogP contribution in [0.2, 0.25) is 0 Å². The summed E-state index contributed by atoms with van der Waals surface area (Å²) in [5.41, 5.74) is 3.80. The maximum atomic E-state index is 9.00. The van der Waals surface area contributed by atoms with Crippen molar-refractivity contribution < 1.29 is 0 Å². The van der Waals surface area contributed by atoms with Gasteiger partial charge in [0.2, 0.25) is 0 Å². The number of anilines is 2. The Morgan fingerprint density at radius 3 is 2.72 bits per heavy atom. The molecule has 0 fully saturated rings. The first kappa shape index (κ1) is 12.0. The Balaban J connectivity index is 2.09. The molecule has 0 bridgehead atoms. The molecular formula is C15H15N3. The van der Waals surface area contributed by atoms with Crippen LogP contribution in [0.25, 0.3) is 0 Å². The van der Waals surface area contributed by atoms with Crippen molar-refractivity contribution in [1.82, 2.24) is 0 Å². The van der Waals surface area contributed by atoms with Crippen LogP contribution in [0.5, 0.6) is 0 Å². The van der Waals surface area contributed by atoms with Crippen LogP contribution < -0.4 is 10.6 Å². The van der Waals surface area contributed by atoms with Gasteiger partial charge < -0.3 is 10.6 Å². The van der Waals surface area contributed by atoms with Gasteiger partial charge in [-0.25, -0.2) is 0 Å². The summed E-state index contributed by atoms with van der Waals surface area (Å²) in [6.45, 7) is 0.703. The van der Waals surface area contributed by atoms with Crippen molar-refractivity contribution in [1.29, 1.82) is 5.26 Å². The molecule has 0 spiro atoms. The molecule has 0 heterocycles. The average Bonchev–Trinajstić information content (AvgIpc) is 2.45. The van der Waals surface area contributed by atoms with Crippen LogP contribution in [-0.2, 0) is 6.54 Å². The third kappa shape index (κ3) is 2.80. The molecule has 2 aromatic carbocycles. The Morgan fingerprint density at radius 1 is 1.11 bits per heavy atom. The molecular weight excluding hydrogens is 222 g/mol. The van der Waals surface area contributed by atoms with Gasteiger partial charge in [-0.05, 0) is 29.8 Å². The largest absolute Gasteiger partial charge is 0.388 e. The third-order valence-electron chi connectivity index (χ3n) is 2.75. The Kier molecular flexibility index (Phi) is 3.83. The van der Waals surface area contributed by atoms with Gasteiger partial charge in [-0.2, -0.15) is 5.26 Å². The highest BCUT2D eigenvalue weighted by atomic mass is 14.9. The van der Waals surface area contributed by atoms with Gasteiger partial charge in [0.1, 0.15) is 6.07 Å². The summed E-state index contributed by atoms with van der Waals surface area (Å²) in [6.07, 6.45) is 0. The first-order valence-corrected chi connectivity index (χ1v) is 5.83. The fraction of sp³-hybridized carbons (Fsp3) is 0.133. The number of hydrogen-bond acceptors (Lipinski definition) is 3. The van der Waals surface area contributed by atoms with E-state index in [0.29, 0.717) is 12.1 Å². The van der Waals surface area contributed by atoms with E-state index in [0.717, 1.165) is 11.4 Å². The molecule has 18 heavy (non-hydrogen) atoms. The van der Waals surface area contributed by atoms with Gasteiger partial charge >= 0.3 is 0 Å². The number of nitriles is 1. The summed E-state index contributed by atoms with van der Waals surface area (Å²) in [7, 11) is 1.90. The average molecular weight is 237 g/mol. The Labute approximate surface area is 107 Å². The zero-order chi connectivity index (χ0) is 12.8. The van der Waals surface area contributed by atoms with E-state index in [9.17, 15) is 0 Å². The molecule has 0 aromatic heterocycles. The van der Waals surface area contributed by atoms with Gasteiger partial charge in [-0.15, -0.1) is 0 Å². The van der Waals surface area contributed by atoms with Crippen LogP contribution >= 0.6 is 0 Å². The maximum absolute atomic E-state index is 9.00. The summed E-state index contributed by atoms with van der Waals surface area (Å²) in [6, 6.07) is 17.9. The molecule has 0 unspecified atom stereocenters. The zero-order valence-corrected chi connectivity index (χ0v) is 10.3. The molecule has 2 N–H and O–H groups in total. The van der Waals surface area contributed by atoms with Crippen LogP contribution in [0.4, 0.5) is 11.4 Å². The van der Waals surface area contributed by atoms with Crippen molar-refractivity contribution in [2.24, 2.45) is 0 Å². The fourth-order valence-corrected chi connectivity index (χ4v) is 1.77. The Hall–Kier alpha value is -2.47. The van der Waals surface area contributed by atoms with E-state index in [2.05, 4.69) is 28.8 Å². The van der Waals surface area contributed by atoms with Gasteiger partial charge in [0.05, 0.1) is 11.3 Å². The molecule has 90 valence electrons. The Morgan fingerprint density at radius 2 is 1.94 bits per heavy atom. The first-order valence-electron chi connectivity index (χ1n) is 5.83. The van der Waals surface area contributed by atoms with Gasteiger partial charge in [-0.3, -0.25) is 0 Å². The number of benzene rings is 2. The van der Waals surface area contributed by atoms with Crippen molar-refractivity contribution in [3.05, 3.63) is 59.7 Å². The summed E-state index contributed by atoms with van der Waals surface area (Å²) in [5, 5.41) is 15.4. The predicted molar refractivity (Wildman–Crippen MR) is 74.5 cm³/mol. The molecule has 2 aromatic rings. The van der Waals surface area contributed by atoms with Crippen molar-refractivity contribution in [2.45, 2.75) is 6.54 Å². The summed E-state index contributed by atoms with van der Waals surface area (Å²) >= 11 is 0.